The van der Waals surface area contributed by atoms with Crippen LogP contribution in [0.3, 0.4) is 0 Å². The molecule has 0 fully saturated rings. The largest absolute Gasteiger partial charge is 0.350 e. The summed E-state index contributed by atoms with van der Waals surface area (Å²) in [5.74, 6) is -0.0270. The zero-order valence-corrected chi connectivity index (χ0v) is 9.58. The van der Waals surface area contributed by atoms with Crippen molar-refractivity contribution in [2.45, 2.75) is 19.9 Å². The number of nitrogens with zero attached hydrogens (tertiary/aromatic N) is 2. The van der Waals surface area contributed by atoms with Gasteiger partial charge in [-0.25, -0.2) is 4.63 Å². The van der Waals surface area contributed by atoms with Gasteiger partial charge in [0.1, 0.15) is 11.4 Å². The van der Waals surface area contributed by atoms with Crippen LogP contribution in [0.25, 0.3) is 0 Å². The number of hydrogen-bond donors (Lipinski definition) is 1. The molecule has 0 atom stereocenters. The Kier molecular flexibility index (Phi) is 3.31. The van der Waals surface area contributed by atoms with E-state index in [1.807, 2.05) is 16.8 Å². The first-order valence-corrected chi connectivity index (χ1v) is 5.76. The number of carbonyl (C=O) groups excluding carboxylic acids is 1. The SMILES string of the molecule is Cc1nonc1CNC(=O)Cc1ccsc1. The van der Waals surface area contributed by atoms with Crippen molar-refractivity contribution in [1.29, 1.82) is 0 Å². The van der Waals surface area contributed by atoms with Gasteiger partial charge in [-0.1, -0.05) is 10.3 Å². The van der Waals surface area contributed by atoms with Gasteiger partial charge in [0, 0.05) is 0 Å². The standard InChI is InChI=1S/C10H11N3O2S/c1-7-9(13-15-12-7)5-11-10(14)4-8-2-3-16-6-8/h2-3,6H,4-5H2,1H3,(H,11,14). The molecule has 16 heavy (non-hydrogen) atoms. The van der Waals surface area contributed by atoms with Gasteiger partial charge in [-0.15, -0.1) is 0 Å². The minimum atomic E-state index is -0.0270. The van der Waals surface area contributed by atoms with Crippen molar-refractivity contribution in [3.63, 3.8) is 0 Å². The summed E-state index contributed by atoms with van der Waals surface area (Å²) in [6, 6.07) is 1.94. The van der Waals surface area contributed by atoms with Gasteiger partial charge in [-0.05, 0) is 29.3 Å². The fraction of sp³-hybridized carbons (Fsp3) is 0.300. The Bertz CT molecular complexity index is 464. The highest BCUT2D eigenvalue weighted by molar-refractivity contribution is 7.07. The number of hydrogen-bond acceptors (Lipinski definition) is 5. The molecule has 0 aromatic carbocycles. The molecule has 84 valence electrons. The summed E-state index contributed by atoms with van der Waals surface area (Å²) < 4.78 is 4.53. The molecule has 1 amide bonds. The molecule has 0 radical (unpaired) electrons. The van der Waals surface area contributed by atoms with Crippen molar-refractivity contribution in [2.75, 3.05) is 0 Å². The maximum absolute atomic E-state index is 11.5. The molecule has 0 spiro atoms. The zero-order chi connectivity index (χ0) is 11.4. The molecule has 0 aliphatic rings. The summed E-state index contributed by atoms with van der Waals surface area (Å²) in [5.41, 5.74) is 2.40. The van der Waals surface area contributed by atoms with E-state index in [9.17, 15) is 4.79 Å². The summed E-state index contributed by atoms with van der Waals surface area (Å²) in [5, 5.41) is 14.0. The third-order valence-corrected chi connectivity index (χ3v) is 2.88. The Morgan fingerprint density at radius 3 is 3.06 bits per heavy atom. The average molecular weight is 237 g/mol. The Balaban J connectivity index is 1.82. The number of rotatable bonds is 4. The van der Waals surface area contributed by atoms with Gasteiger partial charge in [-0.3, -0.25) is 4.79 Å². The first-order valence-electron chi connectivity index (χ1n) is 4.81. The molecule has 0 bridgehead atoms. The lowest BCUT2D eigenvalue weighted by Crippen LogP contribution is -2.24. The third kappa shape index (κ3) is 2.66. The Hall–Kier alpha value is -1.69. The molecule has 1 N–H and O–H groups in total. The highest BCUT2D eigenvalue weighted by atomic mass is 32.1. The normalized spacial score (nSPS) is 10.3. The van der Waals surface area contributed by atoms with E-state index in [4.69, 9.17) is 0 Å². The van der Waals surface area contributed by atoms with E-state index in [1.165, 1.54) is 0 Å². The molecule has 2 aromatic rings. The molecule has 6 heteroatoms. The first kappa shape index (κ1) is 10.8. The second-order valence-corrected chi connectivity index (χ2v) is 4.16. The van der Waals surface area contributed by atoms with E-state index in [2.05, 4.69) is 20.3 Å². The highest BCUT2D eigenvalue weighted by Crippen LogP contribution is 2.06. The van der Waals surface area contributed by atoms with Gasteiger partial charge in [0.15, 0.2) is 0 Å². The van der Waals surface area contributed by atoms with E-state index in [0.29, 0.717) is 24.4 Å². The quantitative estimate of drug-likeness (QED) is 0.870. The summed E-state index contributed by atoms with van der Waals surface area (Å²) in [6.45, 7) is 2.15. The minimum Gasteiger partial charge on any atom is -0.350 e. The van der Waals surface area contributed by atoms with Gasteiger partial charge in [0.2, 0.25) is 5.91 Å². The fourth-order valence-electron chi connectivity index (χ4n) is 1.23. The van der Waals surface area contributed by atoms with Crippen LogP contribution in [0, 0.1) is 6.92 Å². The summed E-state index contributed by atoms with van der Waals surface area (Å²) in [4.78, 5) is 11.5. The number of amides is 1. The van der Waals surface area contributed by atoms with Crippen LogP contribution in [0.2, 0.25) is 0 Å². The lowest BCUT2D eigenvalue weighted by Gasteiger charge is -2.01. The number of carbonyl (C=O) groups is 1. The lowest BCUT2D eigenvalue weighted by molar-refractivity contribution is -0.120. The predicted molar refractivity (Wildman–Crippen MR) is 58.9 cm³/mol. The first-order chi connectivity index (χ1) is 7.75. The van der Waals surface area contributed by atoms with Crippen molar-refractivity contribution in [3.8, 4) is 0 Å². The van der Waals surface area contributed by atoms with Crippen LogP contribution in [0.1, 0.15) is 17.0 Å². The number of aromatic nitrogens is 2. The topological polar surface area (TPSA) is 68.0 Å². The Morgan fingerprint density at radius 1 is 1.56 bits per heavy atom. The zero-order valence-electron chi connectivity index (χ0n) is 8.77. The fourth-order valence-corrected chi connectivity index (χ4v) is 1.90. The summed E-state index contributed by atoms with van der Waals surface area (Å²) in [7, 11) is 0. The van der Waals surface area contributed by atoms with Gasteiger partial charge < -0.3 is 5.32 Å². The molecule has 5 nitrogen and oxygen atoms in total. The second-order valence-electron chi connectivity index (χ2n) is 3.38. The molecular formula is C10H11N3O2S. The second kappa shape index (κ2) is 4.89. The van der Waals surface area contributed by atoms with Crippen molar-refractivity contribution in [3.05, 3.63) is 33.8 Å². The van der Waals surface area contributed by atoms with Crippen LogP contribution in [-0.4, -0.2) is 16.2 Å². The molecule has 0 saturated heterocycles. The van der Waals surface area contributed by atoms with Crippen molar-refractivity contribution in [1.82, 2.24) is 15.6 Å². The maximum Gasteiger partial charge on any atom is 0.224 e. The van der Waals surface area contributed by atoms with Crippen LogP contribution in [0.15, 0.2) is 21.5 Å². The van der Waals surface area contributed by atoms with Gasteiger partial charge in [0.25, 0.3) is 0 Å². The van der Waals surface area contributed by atoms with Crippen LogP contribution >= 0.6 is 11.3 Å². The summed E-state index contributed by atoms with van der Waals surface area (Å²) in [6.07, 6.45) is 0.397. The molecule has 0 aliphatic carbocycles. The Morgan fingerprint density at radius 2 is 2.44 bits per heavy atom. The molecule has 0 aliphatic heterocycles. The molecule has 2 rings (SSSR count). The lowest BCUT2D eigenvalue weighted by atomic mass is 10.2. The van der Waals surface area contributed by atoms with Gasteiger partial charge in [0.05, 0.1) is 13.0 Å². The van der Waals surface area contributed by atoms with E-state index in [0.717, 1.165) is 5.56 Å². The molecule has 2 aromatic heterocycles. The highest BCUT2D eigenvalue weighted by Gasteiger charge is 2.08. The van der Waals surface area contributed by atoms with E-state index >= 15 is 0 Å². The van der Waals surface area contributed by atoms with E-state index < -0.39 is 0 Å². The van der Waals surface area contributed by atoms with Crippen molar-refractivity contribution < 1.29 is 9.42 Å². The van der Waals surface area contributed by atoms with Crippen LogP contribution < -0.4 is 5.32 Å². The molecule has 0 unspecified atom stereocenters. The number of thiophene rings is 1. The number of nitrogens with one attached hydrogen (secondary N) is 1. The number of aryl methyl sites for hydroxylation is 1. The van der Waals surface area contributed by atoms with Crippen molar-refractivity contribution in [2.24, 2.45) is 0 Å². The molecule has 0 saturated carbocycles. The Labute approximate surface area is 96.4 Å². The van der Waals surface area contributed by atoms with Crippen molar-refractivity contribution >= 4 is 17.2 Å². The average Bonchev–Trinajstić information content (AvgIpc) is 2.87. The van der Waals surface area contributed by atoms with E-state index in [-0.39, 0.29) is 5.91 Å². The van der Waals surface area contributed by atoms with Gasteiger partial charge in [-0.2, -0.15) is 11.3 Å². The smallest absolute Gasteiger partial charge is 0.224 e. The van der Waals surface area contributed by atoms with Gasteiger partial charge >= 0.3 is 0 Å². The van der Waals surface area contributed by atoms with Crippen LogP contribution in [0.4, 0.5) is 0 Å². The monoisotopic (exact) mass is 237 g/mol. The summed E-state index contributed by atoms with van der Waals surface area (Å²) >= 11 is 1.58. The van der Waals surface area contributed by atoms with Crippen LogP contribution in [-0.2, 0) is 17.8 Å². The van der Waals surface area contributed by atoms with E-state index in [1.54, 1.807) is 18.3 Å². The minimum absolute atomic E-state index is 0.0270. The van der Waals surface area contributed by atoms with Crippen LogP contribution in [0.5, 0.6) is 0 Å². The third-order valence-electron chi connectivity index (χ3n) is 2.14. The molecule has 2 heterocycles. The predicted octanol–water partition coefficient (Wildman–Crippen LogP) is 1.30. The molecular weight excluding hydrogens is 226 g/mol. The maximum atomic E-state index is 11.5.